The highest BCUT2D eigenvalue weighted by Crippen LogP contribution is 2.50. The molecule has 0 saturated carbocycles. The summed E-state index contributed by atoms with van der Waals surface area (Å²) in [5, 5.41) is 10.3. The molecule has 0 radical (unpaired) electrons. The molecular formula is C24H32N2O5. The molecule has 2 fully saturated rings. The standard InChI is InChI=1S/C24H32N2O5/c1-30-24(29)22-19(14-27)18-13-25-20(7-6-17(23(25)28)16-4-2-3-5-16)21(18)26(22)12-15-8-10-31-11-9-15/h4,6-7,15,18-19,21-22,27H,2-3,5,8-14H2,1H3/t18-,19-,21+,22-/m1/s1. The lowest BCUT2D eigenvalue weighted by atomic mass is 9.88. The number of hydrogen-bond acceptors (Lipinski definition) is 6. The van der Waals surface area contributed by atoms with Crippen LogP contribution in [-0.2, 0) is 20.8 Å². The Bertz CT molecular complexity index is 932. The minimum Gasteiger partial charge on any atom is -0.468 e. The van der Waals surface area contributed by atoms with Crippen LogP contribution in [0.1, 0.15) is 49.4 Å². The SMILES string of the molecule is COC(=O)[C@H]1[C@H](CO)[C@H]2Cn3c(ccc(C4=CCCC4)c3=O)[C@H]2N1CC1CCOCC1. The third-order valence-electron chi connectivity index (χ3n) is 7.83. The average Bonchev–Trinajstić information content (AvgIpc) is 3.51. The van der Waals surface area contributed by atoms with Crippen molar-refractivity contribution in [3.05, 3.63) is 39.8 Å². The van der Waals surface area contributed by atoms with Crippen molar-refractivity contribution in [2.45, 2.75) is 50.7 Å². The number of allylic oxidation sites excluding steroid dienone is 2. The van der Waals surface area contributed by atoms with Crippen LogP contribution in [0.25, 0.3) is 5.57 Å². The molecule has 31 heavy (non-hydrogen) atoms. The van der Waals surface area contributed by atoms with E-state index in [4.69, 9.17) is 9.47 Å². The smallest absolute Gasteiger partial charge is 0.323 e. The lowest BCUT2D eigenvalue weighted by Crippen LogP contribution is -2.46. The van der Waals surface area contributed by atoms with E-state index >= 15 is 0 Å². The third kappa shape index (κ3) is 3.47. The Kier molecular flexibility index (Phi) is 5.75. The highest BCUT2D eigenvalue weighted by atomic mass is 16.5. The molecule has 7 nitrogen and oxygen atoms in total. The van der Waals surface area contributed by atoms with Gasteiger partial charge in [0.2, 0.25) is 0 Å². The molecule has 1 aromatic rings. The van der Waals surface area contributed by atoms with Gasteiger partial charge in [-0.15, -0.1) is 0 Å². The number of ether oxygens (including phenoxy) is 2. The number of fused-ring (bicyclic) bond motifs is 3. The Balaban J connectivity index is 1.53. The zero-order chi connectivity index (χ0) is 21.5. The van der Waals surface area contributed by atoms with Crippen molar-refractivity contribution in [2.75, 3.05) is 33.5 Å². The van der Waals surface area contributed by atoms with E-state index in [1.165, 1.54) is 7.11 Å². The van der Waals surface area contributed by atoms with Crippen LogP contribution in [0.5, 0.6) is 0 Å². The van der Waals surface area contributed by atoms with Gasteiger partial charge in [-0.25, -0.2) is 0 Å². The number of aromatic nitrogens is 1. The Morgan fingerprint density at radius 1 is 1.29 bits per heavy atom. The number of pyridine rings is 1. The van der Waals surface area contributed by atoms with Gasteiger partial charge in [0.25, 0.3) is 5.56 Å². The molecule has 5 rings (SSSR count). The monoisotopic (exact) mass is 428 g/mol. The van der Waals surface area contributed by atoms with E-state index in [0.717, 1.165) is 68.7 Å². The molecule has 0 unspecified atom stereocenters. The summed E-state index contributed by atoms with van der Waals surface area (Å²) in [5.74, 6) is -0.0787. The van der Waals surface area contributed by atoms with Crippen molar-refractivity contribution in [1.29, 1.82) is 0 Å². The number of methoxy groups -OCH3 is 1. The average molecular weight is 429 g/mol. The number of esters is 1. The van der Waals surface area contributed by atoms with Crippen LogP contribution in [0.3, 0.4) is 0 Å². The highest BCUT2D eigenvalue weighted by molar-refractivity contribution is 5.77. The highest BCUT2D eigenvalue weighted by Gasteiger charge is 2.56. The number of aliphatic hydroxyl groups is 1. The number of rotatable bonds is 5. The maximum absolute atomic E-state index is 13.4. The van der Waals surface area contributed by atoms with E-state index in [1.54, 1.807) is 0 Å². The molecule has 7 heteroatoms. The lowest BCUT2D eigenvalue weighted by Gasteiger charge is -2.34. The second-order valence-corrected chi connectivity index (χ2v) is 9.38. The number of hydrogen-bond donors (Lipinski definition) is 1. The van der Waals surface area contributed by atoms with Crippen LogP contribution in [0, 0.1) is 17.8 Å². The minimum absolute atomic E-state index is 0.0226. The fraction of sp³-hybridized carbons (Fsp3) is 0.667. The van der Waals surface area contributed by atoms with Gasteiger partial charge in [0.05, 0.1) is 13.2 Å². The maximum Gasteiger partial charge on any atom is 0.323 e. The molecule has 168 valence electrons. The first-order valence-corrected chi connectivity index (χ1v) is 11.6. The fourth-order valence-corrected chi connectivity index (χ4v) is 6.29. The topological polar surface area (TPSA) is 81.0 Å². The summed E-state index contributed by atoms with van der Waals surface area (Å²) in [6.07, 6.45) is 7.21. The summed E-state index contributed by atoms with van der Waals surface area (Å²) in [7, 11) is 1.41. The van der Waals surface area contributed by atoms with Gasteiger partial charge < -0.3 is 19.1 Å². The second kappa shape index (κ2) is 8.52. The zero-order valence-corrected chi connectivity index (χ0v) is 18.2. The first kappa shape index (κ1) is 20.9. The van der Waals surface area contributed by atoms with Gasteiger partial charge in [0.15, 0.2) is 0 Å². The molecule has 4 atom stereocenters. The number of carbonyl (C=O) groups excluding carboxylic acids is 1. The predicted octanol–water partition coefficient (Wildman–Crippen LogP) is 1.98. The van der Waals surface area contributed by atoms with E-state index in [1.807, 2.05) is 10.6 Å². The molecule has 4 aliphatic rings. The summed E-state index contributed by atoms with van der Waals surface area (Å²) in [6.45, 7) is 2.69. The fourth-order valence-electron chi connectivity index (χ4n) is 6.29. The maximum atomic E-state index is 13.4. The second-order valence-electron chi connectivity index (χ2n) is 9.38. The Morgan fingerprint density at radius 2 is 2.10 bits per heavy atom. The predicted molar refractivity (Wildman–Crippen MR) is 115 cm³/mol. The Labute approximate surface area is 182 Å². The molecule has 4 heterocycles. The van der Waals surface area contributed by atoms with Crippen molar-refractivity contribution >= 4 is 11.5 Å². The van der Waals surface area contributed by atoms with Crippen LogP contribution >= 0.6 is 0 Å². The Morgan fingerprint density at radius 3 is 2.77 bits per heavy atom. The molecule has 0 spiro atoms. The van der Waals surface area contributed by atoms with Gasteiger partial charge in [0.1, 0.15) is 6.04 Å². The third-order valence-corrected chi connectivity index (χ3v) is 7.83. The summed E-state index contributed by atoms with van der Waals surface area (Å²) in [6, 6.07) is 3.52. The summed E-state index contributed by atoms with van der Waals surface area (Å²) >= 11 is 0. The molecule has 3 aliphatic heterocycles. The zero-order valence-electron chi connectivity index (χ0n) is 18.2. The van der Waals surface area contributed by atoms with Crippen LogP contribution in [-0.4, -0.2) is 60.1 Å². The first-order valence-electron chi connectivity index (χ1n) is 11.6. The van der Waals surface area contributed by atoms with Gasteiger partial charge >= 0.3 is 5.97 Å². The number of aliphatic hydroxyl groups excluding tert-OH is 1. The Hall–Kier alpha value is -1.96. The number of carbonyl (C=O) groups is 1. The molecular weight excluding hydrogens is 396 g/mol. The molecule has 0 bridgehead atoms. The molecule has 0 amide bonds. The van der Waals surface area contributed by atoms with Gasteiger partial charge in [-0.1, -0.05) is 6.08 Å². The molecule has 0 aromatic carbocycles. The van der Waals surface area contributed by atoms with E-state index in [-0.39, 0.29) is 36.0 Å². The normalized spacial score (nSPS) is 30.8. The molecule has 1 aromatic heterocycles. The van der Waals surface area contributed by atoms with Crippen LogP contribution < -0.4 is 5.56 Å². The lowest BCUT2D eigenvalue weighted by molar-refractivity contribution is -0.148. The van der Waals surface area contributed by atoms with Crippen molar-refractivity contribution in [2.24, 2.45) is 17.8 Å². The quantitative estimate of drug-likeness (QED) is 0.723. The first-order chi connectivity index (χ1) is 15.1. The summed E-state index contributed by atoms with van der Waals surface area (Å²) < 4.78 is 12.6. The van der Waals surface area contributed by atoms with Crippen molar-refractivity contribution in [3.8, 4) is 0 Å². The summed E-state index contributed by atoms with van der Waals surface area (Å²) in [5.41, 5.74) is 3.00. The van der Waals surface area contributed by atoms with E-state index in [2.05, 4.69) is 17.0 Å². The number of nitrogens with zero attached hydrogens (tertiary/aromatic N) is 2. The van der Waals surface area contributed by atoms with Crippen LogP contribution in [0.15, 0.2) is 23.0 Å². The van der Waals surface area contributed by atoms with Gasteiger partial charge in [0, 0.05) is 56.0 Å². The van der Waals surface area contributed by atoms with Crippen molar-refractivity contribution < 1.29 is 19.4 Å². The van der Waals surface area contributed by atoms with E-state index in [9.17, 15) is 14.7 Å². The number of likely N-dealkylation sites (tertiary alicyclic amines) is 1. The van der Waals surface area contributed by atoms with Gasteiger partial charge in [-0.05, 0) is 55.7 Å². The van der Waals surface area contributed by atoms with Crippen LogP contribution in [0.2, 0.25) is 0 Å². The van der Waals surface area contributed by atoms with Gasteiger partial charge in [-0.2, -0.15) is 0 Å². The van der Waals surface area contributed by atoms with E-state index in [0.29, 0.717) is 12.5 Å². The molecule has 1 N–H and O–H groups in total. The minimum atomic E-state index is -0.478. The van der Waals surface area contributed by atoms with Gasteiger partial charge in [-0.3, -0.25) is 14.5 Å². The van der Waals surface area contributed by atoms with Crippen molar-refractivity contribution in [3.63, 3.8) is 0 Å². The van der Waals surface area contributed by atoms with Crippen molar-refractivity contribution in [1.82, 2.24) is 9.47 Å². The molecule has 1 aliphatic carbocycles. The largest absolute Gasteiger partial charge is 0.468 e. The van der Waals surface area contributed by atoms with Crippen LogP contribution in [0.4, 0.5) is 0 Å². The molecule has 2 saturated heterocycles. The summed E-state index contributed by atoms with van der Waals surface area (Å²) in [4.78, 5) is 28.4. The van der Waals surface area contributed by atoms with E-state index < -0.39 is 6.04 Å².